The monoisotopic (exact) mass is 386 g/mol. The number of Topliss-reactive ketones (excluding diaryl/α,β-unsaturated/α-hetero) is 1. The second-order valence-corrected chi connectivity index (χ2v) is 7.69. The Morgan fingerprint density at radius 1 is 1.21 bits per heavy atom. The van der Waals surface area contributed by atoms with Crippen molar-refractivity contribution in [3.05, 3.63) is 53.7 Å². The van der Waals surface area contributed by atoms with Gasteiger partial charge in [0, 0.05) is 37.2 Å². The lowest BCUT2D eigenvalue weighted by Gasteiger charge is -2.32. The van der Waals surface area contributed by atoms with Crippen molar-refractivity contribution in [3.8, 4) is 11.3 Å². The van der Waals surface area contributed by atoms with Crippen LogP contribution >= 0.6 is 0 Å². The maximum absolute atomic E-state index is 13.9. The fraction of sp³-hybridized carbons (Fsp3) is 0.409. The summed E-state index contributed by atoms with van der Waals surface area (Å²) in [4.78, 5) is 31.0. The Morgan fingerprint density at radius 2 is 2.00 bits per heavy atom. The first-order chi connectivity index (χ1) is 13.4. The molecule has 3 rings (SSSR count). The topological polar surface area (TPSA) is 50.3 Å². The minimum Gasteiger partial charge on any atom is -0.338 e. The highest BCUT2D eigenvalue weighted by Gasteiger charge is 2.29. The van der Waals surface area contributed by atoms with Crippen LogP contribution in [0.2, 0.25) is 0 Å². The van der Waals surface area contributed by atoms with Gasteiger partial charge in [-0.3, -0.25) is 14.6 Å². The molecule has 1 saturated heterocycles. The van der Waals surface area contributed by atoms with E-state index in [0.717, 1.165) is 18.9 Å². The Bertz CT molecular complexity index is 865. The molecule has 0 N–H and O–H groups in total. The summed E-state index contributed by atoms with van der Waals surface area (Å²) in [6.45, 7) is 5.05. The second-order valence-electron chi connectivity index (χ2n) is 7.69. The molecule has 1 amide bonds. The van der Waals surface area contributed by atoms with Gasteiger partial charge in [0.25, 0.3) is 5.91 Å². The lowest BCUT2D eigenvalue weighted by molar-refractivity contribution is -0.124. The predicted molar refractivity (Wildman–Crippen MR) is 103 cm³/mol. The number of hydrogen-bond acceptors (Lipinski definition) is 3. The molecule has 1 aromatic carbocycles. The summed E-state index contributed by atoms with van der Waals surface area (Å²) in [5.41, 5.74) is 0.686. The van der Waals surface area contributed by atoms with Crippen LogP contribution in [0.5, 0.6) is 0 Å². The van der Waals surface area contributed by atoms with Gasteiger partial charge in [-0.15, -0.1) is 0 Å². The maximum atomic E-state index is 13.9. The summed E-state index contributed by atoms with van der Waals surface area (Å²) >= 11 is 0. The summed E-state index contributed by atoms with van der Waals surface area (Å²) < 4.78 is 27.3. The zero-order chi connectivity index (χ0) is 20.3. The van der Waals surface area contributed by atoms with Gasteiger partial charge in [-0.25, -0.2) is 8.78 Å². The molecule has 0 radical (unpaired) electrons. The van der Waals surface area contributed by atoms with Crippen molar-refractivity contribution in [2.24, 2.45) is 11.8 Å². The number of benzene rings is 1. The molecule has 0 aliphatic carbocycles. The summed E-state index contributed by atoms with van der Waals surface area (Å²) in [5.74, 6) is -1.70. The number of ketones is 1. The van der Waals surface area contributed by atoms with Crippen molar-refractivity contribution in [3.63, 3.8) is 0 Å². The molecule has 4 nitrogen and oxygen atoms in total. The number of carbonyl (C=O) groups excluding carboxylic acids is 2. The third-order valence-electron chi connectivity index (χ3n) is 5.01. The molecule has 28 heavy (non-hydrogen) atoms. The molecule has 148 valence electrons. The van der Waals surface area contributed by atoms with Crippen LogP contribution in [0.25, 0.3) is 11.3 Å². The van der Waals surface area contributed by atoms with E-state index in [-0.39, 0.29) is 28.9 Å². The first-order valence-electron chi connectivity index (χ1n) is 9.59. The Hall–Kier alpha value is -2.63. The molecule has 1 fully saturated rings. The van der Waals surface area contributed by atoms with Crippen LogP contribution in [-0.4, -0.2) is 34.7 Å². The molecule has 0 unspecified atom stereocenters. The van der Waals surface area contributed by atoms with Crippen LogP contribution < -0.4 is 0 Å². The number of carbonyl (C=O) groups is 2. The molecule has 0 spiro atoms. The third-order valence-corrected chi connectivity index (χ3v) is 5.01. The maximum Gasteiger partial charge on any atom is 0.255 e. The van der Waals surface area contributed by atoms with E-state index in [0.29, 0.717) is 31.0 Å². The summed E-state index contributed by atoms with van der Waals surface area (Å²) in [5, 5.41) is 0. The van der Waals surface area contributed by atoms with E-state index in [2.05, 4.69) is 4.98 Å². The minimum atomic E-state index is -0.961. The van der Waals surface area contributed by atoms with E-state index in [1.165, 1.54) is 24.4 Å². The van der Waals surface area contributed by atoms with E-state index in [1.807, 2.05) is 13.8 Å². The molecule has 0 bridgehead atoms. The van der Waals surface area contributed by atoms with Gasteiger partial charge in [0.15, 0.2) is 11.6 Å². The average molecular weight is 386 g/mol. The van der Waals surface area contributed by atoms with Crippen LogP contribution in [0.1, 0.15) is 43.5 Å². The lowest BCUT2D eigenvalue weighted by Crippen LogP contribution is -2.42. The molecular formula is C22H24F2N2O2. The van der Waals surface area contributed by atoms with Crippen LogP contribution in [0, 0.1) is 23.5 Å². The van der Waals surface area contributed by atoms with E-state index in [9.17, 15) is 18.4 Å². The zero-order valence-corrected chi connectivity index (χ0v) is 16.1. The number of amides is 1. The number of hydrogen-bond donors (Lipinski definition) is 0. The van der Waals surface area contributed by atoms with Gasteiger partial charge in [-0.05, 0) is 43.0 Å². The number of rotatable bonds is 5. The molecule has 6 heteroatoms. The minimum absolute atomic E-state index is 0.0521. The molecule has 1 atom stereocenters. The molecular weight excluding hydrogens is 362 g/mol. The summed E-state index contributed by atoms with van der Waals surface area (Å²) in [7, 11) is 0. The van der Waals surface area contributed by atoms with Crippen molar-refractivity contribution >= 4 is 11.7 Å². The van der Waals surface area contributed by atoms with Crippen molar-refractivity contribution in [2.45, 2.75) is 33.1 Å². The Kier molecular flexibility index (Phi) is 6.17. The highest BCUT2D eigenvalue weighted by atomic mass is 19.2. The third kappa shape index (κ3) is 4.43. The van der Waals surface area contributed by atoms with Gasteiger partial charge >= 0.3 is 0 Å². The van der Waals surface area contributed by atoms with Gasteiger partial charge in [-0.1, -0.05) is 19.9 Å². The Balaban J connectivity index is 1.72. The van der Waals surface area contributed by atoms with Crippen molar-refractivity contribution in [2.75, 3.05) is 13.1 Å². The van der Waals surface area contributed by atoms with Crippen LogP contribution in [-0.2, 0) is 4.79 Å². The van der Waals surface area contributed by atoms with Crippen LogP contribution in [0.15, 0.2) is 36.5 Å². The number of likely N-dealkylation sites (tertiary alicyclic amines) is 1. The molecule has 1 aromatic heterocycles. The first kappa shape index (κ1) is 20.1. The molecule has 1 aliphatic heterocycles. The largest absolute Gasteiger partial charge is 0.338 e. The van der Waals surface area contributed by atoms with Crippen molar-refractivity contribution < 1.29 is 18.4 Å². The Morgan fingerprint density at radius 3 is 2.68 bits per heavy atom. The summed E-state index contributed by atoms with van der Waals surface area (Å²) in [6.07, 6.45) is 3.51. The molecule has 1 aliphatic rings. The highest BCUT2D eigenvalue weighted by Crippen LogP contribution is 2.24. The average Bonchev–Trinajstić information content (AvgIpc) is 2.69. The van der Waals surface area contributed by atoms with Crippen LogP contribution in [0.3, 0.4) is 0 Å². The standard InChI is InChI=1S/C22H24F2N2O2/c1-14(2)11-20(27)16-5-4-10-26(13-16)22(28)15-8-9-19(25-12-15)17-6-3-7-18(23)21(17)24/h3,6-9,12,14,16H,4-5,10-11,13H2,1-2H3/t16-/m0/s1. The van der Waals surface area contributed by atoms with Gasteiger partial charge in [0.1, 0.15) is 5.78 Å². The van der Waals surface area contributed by atoms with Gasteiger partial charge < -0.3 is 4.90 Å². The SMILES string of the molecule is CC(C)CC(=O)[C@H]1CCCN(C(=O)c2ccc(-c3cccc(F)c3F)nc2)C1. The van der Waals surface area contributed by atoms with Gasteiger partial charge in [0.2, 0.25) is 0 Å². The number of pyridine rings is 1. The van der Waals surface area contributed by atoms with Crippen molar-refractivity contribution in [1.82, 2.24) is 9.88 Å². The van der Waals surface area contributed by atoms with Gasteiger partial charge in [0.05, 0.1) is 11.3 Å². The number of halogens is 2. The number of aromatic nitrogens is 1. The normalized spacial score (nSPS) is 17.0. The number of nitrogens with zero attached hydrogens (tertiary/aromatic N) is 2. The molecule has 2 aromatic rings. The first-order valence-corrected chi connectivity index (χ1v) is 9.59. The Labute approximate surface area is 163 Å². The second kappa shape index (κ2) is 8.59. The number of piperidine rings is 1. The summed E-state index contributed by atoms with van der Waals surface area (Å²) in [6, 6.07) is 6.98. The van der Waals surface area contributed by atoms with Gasteiger partial charge in [-0.2, -0.15) is 0 Å². The molecule has 0 saturated carbocycles. The van der Waals surface area contributed by atoms with Crippen molar-refractivity contribution in [1.29, 1.82) is 0 Å². The fourth-order valence-corrected chi connectivity index (χ4v) is 3.56. The predicted octanol–water partition coefficient (Wildman–Crippen LogP) is 4.49. The quantitative estimate of drug-likeness (QED) is 0.761. The fourth-order valence-electron chi connectivity index (χ4n) is 3.56. The van der Waals surface area contributed by atoms with Crippen LogP contribution in [0.4, 0.5) is 8.78 Å². The molecule has 2 heterocycles. The lowest BCUT2D eigenvalue weighted by atomic mass is 9.89. The van der Waals surface area contributed by atoms with E-state index in [1.54, 1.807) is 11.0 Å². The van der Waals surface area contributed by atoms with E-state index < -0.39 is 11.6 Å². The smallest absolute Gasteiger partial charge is 0.255 e. The highest BCUT2D eigenvalue weighted by molar-refractivity contribution is 5.94. The van der Waals surface area contributed by atoms with E-state index >= 15 is 0 Å². The zero-order valence-electron chi connectivity index (χ0n) is 16.1. The van der Waals surface area contributed by atoms with E-state index in [4.69, 9.17) is 0 Å².